The molecule has 3 amide bonds. The average molecular weight is 434 g/mol. The fraction of sp³-hybridized carbons (Fsp3) is 0.286. The van der Waals surface area contributed by atoms with E-state index in [1.165, 1.54) is 19.1 Å². The zero-order chi connectivity index (χ0) is 21.9. The summed E-state index contributed by atoms with van der Waals surface area (Å²) in [4.78, 5) is 36.1. The van der Waals surface area contributed by atoms with E-state index >= 15 is 0 Å². The van der Waals surface area contributed by atoms with Gasteiger partial charge in [-0.25, -0.2) is 4.39 Å². The lowest BCUT2D eigenvalue weighted by atomic mass is 10.2. The predicted molar refractivity (Wildman–Crippen MR) is 116 cm³/mol. The van der Waals surface area contributed by atoms with Gasteiger partial charge in [0.1, 0.15) is 17.6 Å². The van der Waals surface area contributed by atoms with E-state index in [-0.39, 0.29) is 12.3 Å². The molecule has 0 spiro atoms. The van der Waals surface area contributed by atoms with Crippen molar-refractivity contribution in [2.24, 2.45) is 0 Å². The van der Waals surface area contributed by atoms with Gasteiger partial charge in [0, 0.05) is 12.6 Å². The Balaban J connectivity index is 2.00. The topological polar surface area (TPSA) is 96.5 Å². The summed E-state index contributed by atoms with van der Waals surface area (Å²) >= 11 is 1.54. The third-order valence-corrected chi connectivity index (χ3v) is 4.56. The SMILES string of the molecule is CSCCC(NC(=O)COc1ccccc1)C(=O)Nc1ccc(F)c(NC(C)=O)c1. The molecule has 30 heavy (non-hydrogen) atoms. The Morgan fingerprint density at radius 3 is 2.50 bits per heavy atom. The summed E-state index contributed by atoms with van der Waals surface area (Å²) in [5, 5.41) is 7.68. The van der Waals surface area contributed by atoms with Gasteiger partial charge in [-0.15, -0.1) is 0 Å². The van der Waals surface area contributed by atoms with Crippen molar-refractivity contribution in [1.29, 1.82) is 0 Å². The largest absolute Gasteiger partial charge is 0.484 e. The maximum Gasteiger partial charge on any atom is 0.258 e. The maximum atomic E-state index is 13.8. The lowest BCUT2D eigenvalue weighted by Crippen LogP contribution is -2.45. The first-order valence-electron chi connectivity index (χ1n) is 9.23. The van der Waals surface area contributed by atoms with Gasteiger partial charge < -0.3 is 20.7 Å². The van der Waals surface area contributed by atoms with Gasteiger partial charge in [-0.1, -0.05) is 18.2 Å². The summed E-state index contributed by atoms with van der Waals surface area (Å²) in [6, 6.07) is 11.9. The number of nitrogens with one attached hydrogen (secondary N) is 3. The first-order valence-corrected chi connectivity index (χ1v) is 10.6. The van der Waals surface area contributed by atoms with Gasteiger partial charge >= 0.3 is 0 Å². The molecule has 0 saturated carbocycles. The summed E-state index contributed by atoms with van der Waals surface area (Å²) < 4.78 is 19.2. The number of anilines is 2. The number of amides is 3. The zero-order valence-electron chi connectivity index (χ0n) is 16.7. The van der Waals surface area contributed by atoms with Crippen LogP contribution in [0.2, 0.25) is 0 Å². The first-order chi connectivity index (χ1) is 14.4. The Bertz CT molecular complexity index is 880. The van der Waals surface area contributed by atoms with Crippen LogP contribution in [0.3, 0.4) is 0 Å². The molecule has 160 valence electrons. The molecule has 3 N–H and O–H groups in total. The lowest BCUT2D eigenvalue weighted by molar-refractivity contribution is -0.127. The molecule has 0 bridgehead atoms. The molecule has 0 aromatic heterocycles. The number of carbonyl (C=O) groups excluding carboxylic acids is 3. The second-order valence-corrected chi connectivity index (χ2v) is 7.35. The van der Waals surface area contributed by atoms with Crippen LogP contribution in [0.1, 0.15) is 13.3 Å². The number of thioether (sulfide) groups is 1. The number of carbonyl (C=O) groups is 3. The Hall–Kier alpha value is -3.07. The molecule has 2 aromatic carbocycles. The molecule has 0 radical (unpaired) electrons. The van der Waals surface area contributed by atoms with E-state index < -0.39 is 29.6 Å². The number of halogens is 1. The number of rotatable bonds is 10. The van der Waals surface area contributed by atoms with Gasteiger partial charge in [0.15, 0.2) is 6.61 Å². The van der Waals surface area contributed by atoms with Gasteiger partial charge in [-0.2, -0.15) is 11.8 Å². The molecule has 0 heterocycles. The van der Waals surface area contributed by atoms with Crippen molar-refractivity contribution in [1.82, 2.24) is 5.32 Å². The molecule has 1 unspecified atom stereocenters. The molecule has 0 aliphatic rings. The highest BCUT2D eigenvalue weighted by Crippen LogP contribution is 2.20. The number of hydrogen-bond acceptors (Lipinski definition) is 5. The van der Waals surface area contributed by atoms with Crippen LogP contribution in [0.15, 0.2) is 48.5 Å². The standard InChI is InChI=1S/C21H24FN3O4S/c1-14(26)23-19-12-15(8-9-17(19)22)24-21(28)18(10-11-30-2)25-20(27)13-29-16-6-4-3-5-7-16/h3-9,12,18H,10-11,13H2,1-2H3,(H,23,26)(H,24,28)(H,25,27). The van der Waals surface area contributed by atoms with Gasteiger partial charge in [0.2, 0.25) is 11.8 Å². The molecule has 7 nitrogen and oxygen atoms in total. The van der Waals surface area contributed by atoms with Crippen molar-refractivity contribution in [2.45, 2.75) is 19.4 Å². The lowest BCUT2D eigenvalue weighted by Gasteiger charge is -2.19. The Labute approximate surface area is 178 Å². The Kier molecular flexibility index (Phi) is 9.14. The maximum absolute atomic E-state index is 13.8. The van der Waals surface area contributed by atoms with E-state index in [1.807, 2.05) is 12.3 Å². The fourth-order valence-corrected chi connectivity index (χ4v) is 3.00. The normalized spacial score (nSPS) is 11.3. The van der Waals surface area contributed by atoms with E-state index in [2.05, 4.69) is 16.0 Å². The van der Waals surface area contributed by atoms with Crippen molar-refractivity contribution >= 4 is 40.9 Å². The smallest absolute Gasteiger partial charge is 0.258 e. The predicted octanol–water partition coefficient (Wildman–Crippen LogP) is 3.04. The second-order valence-electron chi connectivity index (χ2n) is 6.37. The highest BCUT2D eigenvalue weighted by atomic mass is 32.2. The van der Waals surface area contributed by atoms with E-state index in [0.29, 0.717) is 23.6 Å². The molecule has 2 rings (SSSR count). The molecular weight excluding hydrogens is 409 g/mol. The zero-order valence-corrected chi connectivity index (χ0v) is 17.6. The number of hydrogen-bond donors (Lipinski definition) is 3. The van der Waals surface area contributed by atoms with Gasteiger partial charge in [0.25, 0.3) is 5.91 Å². The highest BCUT2D eigenvalue weighted by Gasteiger charge is 2.21. The second kappa shape index (κ2) is 11.8. The van der Waals surface area contributed by atoms with Gasteiger partial charge in [0.05, 0.1) is 5.69 Å². The van der Waals surface area contributed by atoms with E-state index in [0.717, 1.165) is 6.07 Å². The van der Waals surface area contributed by atoms with Gasteiger partial charge in [-0.05, 0) is 48.8 Å². The van der Waals surface area contributed by atoms with Crippen LogP contribution >= 0.6 is 11.8 Å². The van der Waals surface area contributed by atoms with E-state index in [4.69, 9.17) is 4.74 Å². The monoisotopic (exact) mass is 433 g/mol. The number of para-hydroxylation sites is 1. The molecule has 0 saturated heterocycles. The summed E-state index contributed by atoms with van der Waals surface area (Å²) in [5.74, 6) is -0.724. The van der Waals surface area contributed by atoms with Crippen molar-refractivity contribution in [3.8, 4) is 5.75 Å². The number of benzene rings is 2. The molecule has 0 fully saturated rings. The summed E-state index contributed by atoms with van der Waals surface area (Å²) in [6.45, 7) is 1.03. The van der Waals surface area contributed by atoms with Crippen molar-refractivity contribution < 1.29 is 23.5 Å². The molecule has 0 aliphatic carbocycles. The van der Waals surface area contributed by atoms with E-state index in [1.54, 1.807) is 36.0 Å². The number of ether oxygens (including phenoxy) is 1. The van der Waals surface area contributed by atoms with Crippen LogP contribution in [-0.2, 0) is 14.4 Å². The van der Waals surface area contributed by atoms with Crippen molar-refractivity contribution in [2.75, 3.05) is 29.2 Å². The highest BCUT2D eigenvalue weighted by molar-refractivity contribution is 7.98. The van der Waals surface area contributed by atoms with Crippen LogP contribution in [0.25, 0.3) is 0 Å². The van der Waals surface area contributed by atoms with Crippen LogP contribution in [0.5, 0.6) is 5.75 Å². The third kappa shape index (κ3) is 7.75. The molecule has 9 heteroatoms. The summed E-state index contributed by atoms with van der Waals surface area (Å²) in [5.41, 5.74) is 0.260. The molecule has 1 atom stereocenters. The van der Waals surface area contributed by atoms with Crippen LogP contribution in [0.4, 0.5) is 15.8 Å². The molecule has 2 aromatic rings. The minimum atomic E-state index is -0.793. The van der Waals surface area contributed by atoms with Crippen molar-refractivity contribution in [3.05, 3.63) is 54.3 Å². The Morgan fingerprint density at radius 2 is 1.83 bits per heavy atom. The molecule has 0 aliphatic heterocycles. The minimum absolute atomic E-state index is 0.0405. The van der Waals surface area contributed by atoms with Gasteiger partial charge in [-0.3, -0.25) is 14.4 Å². The van der Waals surface area contributed by atoms with Crippen LogP contribution < -0.4 is 20.7 Å². The van der Waals surface area contributed by atoms with Crippen molar-refractivity contribution in [3.63, 3.8) is 0 Å². The molecular formula is C21H24FN3O4S. The summed E-state index contributed by atoms with van der Waals surface area (Å²) in [6.07, 6.45) is 2.30. The fourth-order valence-electron chi connectivity index (χ4n) is 2.52. The van der Waals surface area contributed by atoms with Crippen LogP contribution in [0, 0.1) is 5.82 Å². The van der Waals surface area contributed by atoms with E-state index in [9.17, 15) is 18.8 Å². The average Bonchev–Trinajstić information content (AvgIpc) is 2.72. The minimum Gasteiger partial charge on any atom is -0.484 e. The first kappa shape index (κ1) is 23.2. The van der Waals surface area contributed by atoms with Crippen LogP contribution in [-0.4, -0.2) is 42.4 Å². The quantitative estimate of drug-likeness (QED) is 0.535. The third-order valence-electron chi connectivity index (χ3n) is 3.92. The Morgan fingerprint density at radius 1 is 1.10 bits per heavy atom. The summed E-state index contributed by atoms with van der Waals surface area (Å²) in [7, 11) is 0.